The van der Waals surface area contributed by atoms with Crippen molar-refractivity contribution < 1.29 is 29.4 Å². The number of benzene rings is 1. The van der Waals surface area contributed by atoms with Gasteiger partial charge in [0.15, 0.2) is 5.60 Å². The highest BCUT2D eigenvalue weighted by Crippen LogP contribution is 2.51. The summed E-state index contributed by atoms with van der Waals surface area (Å²) in [6, 6.07) is 6.41. The van der Waals surface area contributed by atoms with Crippen LogP contribution in [0.5, 0.6) is 0 Å². The summed E-state index contributed by atoms with van der Waals surface area (Å²) < 4.78 is 10.6. The minimum absolute atomic E-state index is 0.116. The second-order valence-corrected chi connectivity index (χ2v) is 5.40. The molecule has 7 nitrogen and oxygen atoms in total. The van der Waals surface area contributed by atoms with E-state index < -0.39 is 29.1 Å². The van der Waals surface area contributed by atoms with Crippen molar-refractivity contribution in [3.05, 3.63) is 35.4 Å². The first-order chi connectivity index (χ1) is 10.0. The molecule has 0 saturated carbocycles. The molecule has 1 aliphatic carbocycles. The Balaban J connectivity index is 2.05. The summed E-state index contributed by atoms with van der Waals surface area (Å²) in [7, 11) is 0. The van der Waals surface area contributed by atoms with E-state index in [0.29, 0.717) is 5.56 Å². The largest absolute Gasteiger partial charge is 0.444 e. The van der Waals surface area contributed by atoms with Crippen LogP contribution in [0.1, 0.15) is 22.3 Å². The predicted molar refractivity (Wildman–Crippen MR) is 67.2 cm³/mol. The SMILES string of the molecule is O=C1C[C@@H]2OC[C@]3(O)/C(=N\O)c4ccccc4C(=O)[C@@]23O1. The lowest BCUT2D eigenvalue weighted by atomic mass is 9.66. The molecule has 0 bridgehead atoms. The van der Waals surface area contributed by atoms with E-state index in [2.05, 4.69) is 5.16 Å². The molecule has 2 fully saturated rings. The molecule has 7 heteroatoms. The van der Waals surface area contributed by atoms with E-state index in [1.165, 1.54) is 0 Å². The average molecular weight is 289 g/mol. The van der Waals surface area contributed by atoms with Crippen LogP contribution in [0.25, 0.3) is 0 Å². The molecule has 108 valence electrons. The van der Waals surface area contributed by atoms with E-state index in [0.717, 1.165) is 0 Å². The standard InChI is InChI=1S/C14H11NO6/c16-10-5-9-14(21-10)12(17)8-4-2-1-3-7(8)11(15-19)13(14,18)6-20-9/h1-4,9,18-19H,5-6H2/b15-11-/t9-,13-,14-/m0/s1. The minimum Gasteiger partial charge on any atom is -0.444 e. The average Bonchev–Trinajstić information content (AvgIpc) is 2.95. The van der Waals surface area contributed by atoms with Gasteiger partial charge in [-0.25, -0.2) is 0 Å². The zero-order chi connectivity index (χ0) is 14.8. The van der Waals surface area contributed by atoms with Crippen molar-refractivity contribution in [1.29, 1.82) is 0 Å². The first kappa shape index (κ1) is 12.5. The number of oxime groups is 1. The Labute approximate surface area is 118 Å². The maximum Gasteiger partial charge on any atom is 0.309 e. The van der Waals surface area contributed by atoms with E-state index >= 15 is 0 Å². The first-order valence-corrected chi connectivity index (χ1v) is 6.47. The van der Waals surface area contributed by atoms with E-state index in [9.17, 15) is 19.9 Å². The van der Waals surface area contributed by atoms with Crippen LogP contribution in [-0.4, -0.2) is 51.7 Å². The third kappa shape index (κ3) is 1.19. The number of hydrogen-bond donors (Lipinski definition) is 2. The van der Waals surface area contributed by atoms with Crippen LogP contribution in [0.4, 0.5) is 0 Å². The summed E-state index contributed by atoms with van der Waals surface area (Å²) in [5, 5.41) is 23.5. The molecule has 2 heterocycles. The molecular formula is C14H11NO6. The molecule has 0 aromatic heterocycles. The summed E-state index contributed by atoms with van der Waals surface area (Å²) >= 11 is 0. The third-order valence-electron chi connectivity index (χ3n) is 4.44. The Hall–Kier alpha value is -2.25. The van der Waals surface area contributed by atoms with Crippen LogP contribution < -0.4 is 0 Å². The lowest BCUT2D eigenvalue weighted by Gasteiger charge is -2.41. The van der Waals surface area contributed by atoms with Crippen LogP contribution in [0.15, 0.2) is 29.4 Å². The van der Waals surface area contributed by atoms with Crippen LogP contribution in [-0.2, 0) is 14.3 Å². The van der Waals surface area contributed by atoms with Gasteiger partial charge in [-0.3, -0.25) is 9.59 Å². The van der Waals surface area contributed by atoms with Crippen molar-refractivity contribution >= 4 is 17.5 Å². The second-order valence-electron chi connectivity index (χ2n) is 5.40. The molecule has 1 aromatic carbocycles. The molecule has 2 N–H and O–H groups in total. The molecule has 21 heavy (non-hydrogen) atoms. The Morgan fingerprint density at radius 2 is 1.95 bits per heavy atom. The molecule has 3 atom stereocenters. The number of esters is 1. The van der Waals surface area contributed by atoms with Crippen molar-refractivity contribution in [2.24, 2.45) is 5.16 Å². The molecule has 2 saturated heterocycles. The van der Waals surface area contributed by atoms with Gasteiger partial charge in [0.2, 0.25) is 11.4 Å². The summed E-state index contributed by atoms with van der Waals surface area (Å²) in [5.74, 6) is -1.15. The molecule has 3 aliphatic rings. The number of carbonyl (C=O) groups excluding carboxylic acids is 2. The highest BCUT2D eigenvalue weighted by atomic mass is 16.6. The highest BCUT2D eigenvalue weighted by Gasteiger charge is 2.76. The van der Waals surface area contributed by atoms with Gasteiger partial charge in [0.1, 0.15) is 11.8 Å². The molecule has 0 radical (unpaired) electrons. The predicted octanol–water partition coefficient (Wildman–Crippen LogP) is -0.123. The highest BCUT2D eigenvalue weighted by molar-refractivity contribution is 6.25. The van der Waals surface area contributed by atoms with Crippen LogP contribution in [0.2, 0.25) is 0 Å². The number of fused-ring (bicyclic) bond motifs is 1. The fraction of sp³-hybridized carbons (Fsp3) is 0.357. The van der Waals surface area contributed by atoms with Gasteiger partial charge in [-0.05, 0) is 0 Å². The van der Waals surface area contributed by atoms with E-state index in [-0.39, 0.29) is 24.3 Å². The number of ketones is 1. The van der Waals surface area contributed by atoms with Crippen molar-refractivity contribution in [2.75, 3.05) is 6.61 Å². The molecule has 0 unspecified atom stereocenters. The van der Waals surface area contributed by atoms with Gasteiger partial charge >= 0.3 is 5.97 Å². The van der Waals surface area contributed by atoms with Crippen molar-refractivity contribution in [3.8, 4) is 0 Å². The zero-order valence-corrected chi connectivity index (χ0v) is 10.8. The number of ether oxygens (including phenoxy) is 2. The van der Waals surface area contributed by atoms with E-state index in [4.69, 9.17) is 9.47 Å². The fourth-order valence-electron chi connectivity index (χ4n) is 3.51. The second kappa shape index (κ2) is 3.69. The normalized spacial score (nSPS) is 38.9. The quantitative estimate of drug-likeness (QED) is 0.392. The van der Waals surface area contributed by atoms with Gasteiger partial charge in [0, 0.05) is 11.1 Å². The van der Waals surface area contributed by atoms with Gasteiger partial charge in [-0.1, -0.05) is 29.4 Å². The molecule has 1 aromatic rings. The monoisotopic (exact) mass is 289 g/mol. The first-order valence-electron chi connectivity index (χ1n) is 6.47. The number of nitrogens with zero attached hydrogens (tertiary/aromatic N) is 1. The van der Waals surface area contributed by atoms with Crippen molar-refractivity contribution in [1.82, 2.24) is 0 Å². The minimum atomic E-state index is -1.98. The Bertz CT molecular complexity index is 713. The molecule has 0 amide bonds. The van der Waals surface area contributed by atoms with Crippen LogP contribution in [0, 0.1) is 0 Å². The summed E-state index contributed by atoms with van der Waals surface area (Å²) in [5.41, 5.74) is -3.41. The van der Waals surface area contributed by atoms with Gasteiger partial charge in [-0.15, -0.1) is 0 Å². The Morgan fingerprint density at radius 3 is 2.67 bits per heavy atom. The van der Waals surface area contributed by atoms with Crippen LogP contribution >= 0.6 is 0 Å². The van der Waals surface area contributed by atoms with Gasteiger partial charge in [-0.2, -0.15) is 0 Å². The maximum atomic E-state index is 12.9. The Kier molecular flexibility index (Phi) is 2.19. The number of hydrogen-bond acceptors (Lipinski definition) is 7. The summed E-state index contributed by atoms with van der Waals surface area (Å²) in [6.07, 6.45) is -0.998. The molecule has 4 rings (SSSR count). The molecule has 2 aliphatic heterocycles. The van der Waals surface area contributed by atoms with Crippen molar-refractivity contribution in [3.63, 3.8) is 0 Å². The lowest BCUT2D eigenvalue weighted by Crippen LogP contribution is -2.68. The topological polar surface area (TPSA) is 105 Å². The summed E-state index contributed by atoms with van der Waals surface area (Å²) in [6.45, 7) is -0.273. The number of carbonyl (C=O) groups is 2. The van der Waals surface area contributed by atoms with E-state index in [1.54, 1.807) is 24.3 Å². The van der Waals surface area contributed by atoms with Crippen LogP contribution in [0.3, 0.4) is 0 Å². The fourth-order valence-corrected chi connectivity index (χ4v) is 3.51. The number of Topliss-reactive ketones (excluding diaryl/α,β-unsaturated/α-hetero) is 1. The maximum absolute atomic E-state index is 12.9. The van der Waals surface area contributed by atoms with Crippen molar-refractivity contribution in [2.45, 2.75) is 23.7 Å². The molecule has 1 spiro atoms. The van der Waals surface area contributed by atoms with Gasteiger partial charge < -0.3 is 19.8 Å². The number of rotatable bonds is 0. The molecular weight excluding hydrogens is 278 g/mol. The third-order valence-corrected chi connectivity index (χ3v) is 4.44. The lowest BCUT2D eigenvalue weighted by molar-refractivity contribution is -0.155. The summed E-state index contributed by atoms with van der Waals surface area (Å²) in [4.78, 5) is 24.5. The smallest absolute Gasteiger partial charge is 0.309 e. The number of aliphatic hydroxyl groups is 1. The van der Waals surface area contributed by atoms with E-state index in [1.807, 2.05) is 0 Å². The van der Waals surface area contributed by atoms with Gasteiger partial charge in [0.25, 0.3) is 0 Å². The Morgan fingerprint density at radius 1 is 1.24 bits per heavy atom. The zero-order valence-electron chi connectivity index (χ0n) is 10.8. The van der Waals surface area contributed by atoms with Gasteiger partial charge in [0.05, 0.1) is 13.0 Å².